The maximum atomic E-state index is 5.68. The van der Waals surface area contributed by atoms with E-state index in [0.29, 0.717) is 0 Å². The molecule has 0 aliphatic heterocycles. The second-order valence-electron chi connectivity index (χ2n) is 5.18. The first-order chi connectivity index (χ1) is 8.31. The van der Waals surface area contributed by atoms with E-state index in [-0.39, 0.29) is 6.04 Å². The van der Waals surface area contributed by atoms with Gasteiger partial charge in [-0.3, -0.25) is 16.3 Å². The molecule has 0 radical (unpaired) electrons. The van der Waals surface area contributed by atoms with Gasteiger partial charge in [0.1, 0.15) is 0 Å². The lowest BCUT2D eigenvalue weighted by molar-refractivity contribution is 0.415. The van der Waals surface area contributed by atoms with Gasteiger partial charge in [-0.15, -0.1) is 0 Å². The summed E-state index contributed by atoms with van der Waals surface area (Å²) < 4.78 is 0. The molecule has 1 heterocycles. The lowest BCUT2D eigenvalue weighted by Gasteiger charge is -2.19. The Bertz CT molecular complexity index is 345. The number of hydrogen-bond acceptors (Lipinski definition) is 3. The van der Waals surface area contributed by atoms with Gasteiger partial charge in [0.15, 0.2) is 0 Å². The molecule has 0 spiro atoms. The molecule has 1 unspecified atom stereocenters. The van der Waals surface area contributed by atoms with E-state index in [4.69, 9.17) is 5.84 Å². The summed E-state index contributed by atoms with van der Waals surface area (Å²) in [7, 11) is 0. The van der Waals surface area contributed by atoms with Crippen LogP contribution >= 0.6 is 0 Å². The molecule has 3 heteroatoms. The summed E-state index contributed by atoms with van der Waals surface area (Å²) >= 11 is 0. The van der Waals surface area contributed by atoms with Crippen LogP contribution in [0, 0.1) is 12.8 Å². The number of hydrogen-bond donors (Lipinski definition) is 2. The average Bonchev–Trinajstić information content (AvgIpc) is 2.85. The zero-order valence-electron chi connectivity index (χ0n) is 10.7. The Balaban J connectivity index is 1.94. The highest BCUT2D eigenvalue weighted by atomic mass is 15.2. The number of nitrogens with one attached hydrogen (secondary N) is 1. The van der Waals surface area contributed by atoms with Crippen LogP contribution in [0.3, 0.4) is 0 Å². The second kappa shape index (κ2) is 6.12. The van der Waals surface area contributed by atoms with Crippen LogP contribution in [0.1, 0.15) is 55.7 Å². The smallest absolute Gasteiger partial charge is 0.0477 e. The van der Waals surface area contributed by atoms with E-state index in [1.807, 2.05) is 12.4 Å². The first-order valence-corrected chi connectivity index (χ1v) is 6.68. The summed E-state index contributed by atoms with van der Waals surface area (Å²) in [5, 5.41) is 0. The molecule has 0 aromatic carbocycles. The summed E-state index contributed by atoms with van der Waals surface area (Å²) in [6.45, 7) is 2.12. The molecule has 2 rings (SSSR count). The molecule has 3 N–H and O–H groups in total. The average molecular weight is 233 g/mol. The number of hydrazine groups is 1. The van der Waals surface area contributed by atoms with Gasteiger partial charge >= 0.3 is 0 Å². The Morgan fingerprint density at radius 1 is 1.47 bits per heavy atom. The molecule has 3 nitrogen and oxygen atoms in total. The lowest BCUT2D eigenvalue weighted by atomic mass is 9.94. The minimum atomic E-state index is 0.254. The Labute approximate surface area is 104 Å². The van der Waals surface area contributed by atoms with E-state index >= 15 is 0 Å². The van der Waals surface area contributed by atoms with Gasteiger partial charge in [-0.1, -0.05) is 25.7 Å². The van der Waals surface area contributed by atoms with Crippen molar-refractivity contribution in [2.24, 2.45) is 11.8 Å². The normalized spacial score (nSPS) is 18.5. The van der Waals surface area contributed by atoms with Crippen molar-refractivity contribution in [2.45, 2.75) is 51.5 Å². The predicted octanol–water partition coefficient (Wildman–Crippen LogP) is 2.86. The molecule has 1 fully saturated rings. The van der Waals surface area contributed by atoms with Crippen LogP contribution in [0.5, 0.6) is 0 Å². The van der Waals surface area contributed by atoms with Crippen molar-refractivity contribution in [2.75, 3.05) is 0 Å². The van der Waals surface area contributed by atoms with E-state index in [0.717, 1.165) is 12.3 Å². The standard InChI is InChI=1S/C14H23N3/c1-11-8-9-16-10-13(11)14(17-15)7-6-12-4-2-3-5-12/h8-10,12,14,17H,2-7,15H2,1H3. The van der Waals surface area contributed by atoms with E-state index in [9.17, 15) is 0 Å². The number of aryl methyl sites for hydroxylation is 1. The molecule has 1 aliphatic rings. The number of nitrogens with two attached hydrogens (primary N) is 1. The van der Waals surface area contributed by atoms with Gasteiger partial charge in [0.2, 0.25) is 0 Å². The maximum Gasteiger partial charge on any atom is 0.0477 e. The van der Waals surface area contributed by atoms with E-state index in [1.165, 1.54) is 43.2 Å². The maximum absolute atomic E-state index is 5.68. The lowest BCUT2D eigenvalue weighted by Crippen LogP contribution is -2.29. The van der Waals surface area contributed by atoms with Crippen LogP contribution in [-0.2, 0) is 0 Å². The zero-order chi connectivity index (χ0) is 12.1. The summed E-state index contributed by atoms with van der Waals surface area (Å²) in [5.41, 5.74) is 5.46. The van der Waals surface area contributed by atoms with Gasteiger partial charge < -0.3 is 0 Å². The van der Waals surface area contributed by atoms with Crippen molar-refractivity contribution in [3.8, 4) is 0 Å². The SMILES string of the molecule is Cc1ccncc1C(CCC1CCCC1)NN. The highest BCUT2D eigenvalue weighted by Crippen LogP contribution is 2.31. The Hall–Kier alpha value is -0.930. The molecule has 0 bridgehead atoms. The molecule has 0 amide bonds. The molecule has 1 atom stereocenters. The molecule has 1 saturated carbocycles. The van der Waals surface area contributed by atoms with E-state index in [2.05, 4.69) is 23.4 Å². The van der Waals surface area contributed by atoms with Crippen molar-refractivity contribution < 1.29 is 0 Å². The van der Waals surface area contributed by atoms with Crippen molar-refractivity contribution in [1.29, 1.82) is 0 Å². The number of aromatic nitrogens is 1. The molecular weight excluding hydrogens is 210 g/mol. The fraction of sp³-hybridized carbons (Fsp3) is 0.643. The van der Waals surface area contributed by atoms with Crippen LogP contribution < -0.4 is 11.3 Å². The third-order valence-corrected chi connectivity index (χ3v) is 3.99. The van der Waals surface area contributed by atoms with Crippen LogP contribution in [0.25, 0.3) is 0 Å². The Morgan fingerprint density at radius 2 is 2.24 bits per heavy atom. The van der Waals surface area contributed by atoms with Crippen molar-refractivity contribution in [1.82, 2.24) is 10.4 Å². The third kappa shape index (κ3) is 3.27. The van der Waals surface area contributed by atoms with Crippen LogP contribution in [0.2, 0.25) is 0 Å². The first-order valence-electron chi connectivity index (χ1n) is 6.68. The van der Waals surface area contributed by atoms with Gasteiger partial charge in [-0.25, -0.2) is 0 Å². The highest BCUT2D eigenvalue weighted by Gasteiger charge is 2.18. The summed E-state index contributed by atoms with van der Waals surface area (Å²) in [6.07, 6.45) is 11.8. The minimum Gasteiger partial charge on any atom is -0.271 e. The van der Waals surface area contributed by atoms with Gasteiger partial charge in [-0.05, 0) is 42.9 Å². The minimum absolute atomic E-state index is 0.254. The van der Waals surface area contributed by atoms with Crippen LogP contribution in [0.15, 0.2) is 18.5 Å². The van der Waals surface area contributed by atoms with Crippen molar-refractivity contribution in [3.63, 3.8) is 0 Å². The van der Waals surface area contributed by atoms with Crippen LogP contribution in [-0.4, -0.2) is 4.98 Å². The number of nitrogens with zero attached hydrogens (tertiary/aromatic N) is 1. The largest absolute Gasteiger partial charge is 0.271 e. The first kappa shape index (κ1) is 12.5. The van der Waals surface area contributed by atoms with Gasteiger partial charge in [0.05, 0.1) is 0 Å². The van der Waals surface area contributed by atoms with Crippen molar-refractivity contribution in [3.05, 3.63) is 29.6 Å². The summed E-state index contributed by atoms with van der Waals surface area (Å²) in [4.78, 5) is 4.20. The zero-order valence-corrected chi connectivity index (χ0v) is 10.7. The third-order valence-electron chi connectivity index (χ3n) is 3.99. The topological polar surface area (TPSA) is 50.9 Å². The highest BCUT2D eigenvalue weighted by molar-refractivity contribution is 5.24. The van der Waals surface area contributed by atoms with E-state index in [1.54, 1.807) is 0 Å². The predicted molar refractivity (Wildman–Crippen MR) is 70.2 cm³/mol. The molecule has 1 aromatic heterocycles. The Kier molecular flexibility index (Phi) is 4.51. The number of pyridine rings is 1. The molecule has 0 saturated heterocycles. The second-order valence-corrected chi connectivity index (χ2v) is 5.18. The molecule has 1 aliphatic carbocycles. The number of rotatable bonds is 5. The molecule has 1 aromatic rings. The van der Waals surface area contributed by atoms with Gasteiger partial charge in [0, 0.05) is 18.4 Å². The molecule has 94 valence electrons. The van der Waals surface area contributed by atoms with Crippen LogP contribution in [0.4, 0.5) is 0 Å². The molecular formula is C14H23N3. The van der Waals surface area contributed by atoms with Gasteiger partial charge in [-0.2, -0.15) is 0 Å². The summed E-state index contributed by atoms with van der Waals surface area (Å²) in [6, 6.07) is 2.30. The van der Waals surface area contributed by atoms with Gasteiger partial charge in [0.25, 0.3) is 0 Å². The quantitative estimate of drug-likeness (QED) is 0.607. The summed E-state index contributed by atoms with van der Waals surface area (Å²) in [5.74, 6) is 6.60. The monoisotopic (exact) mass is 233 g/mol. The van der Waals surface area contributed by atoms with Crippen molar-refractivity contribution >= 4 is 0 Å². The fourth-order valence-electron chi connectivity index (χ4n) is 2.87. The van der Waals surface area contributed by atoms with E-state index < -0.39 is 0 Å². The fourth-order valence-corrected chi connectivity index (χ4v) is 2.87. The Morgan fingerprint density at radius 3 is 2.88 bits per heavy atom. The molecule has 17 heavy (non-hydrogen) atoms.